The lowest BCUT2D eigenvalue weighted by Crippen LogP contribution is -2.35. The monoisotopic (exact) mass is 392 g/mol. The Morgan fingerprint density at radius 2 is 1.63 bits per heavy atom. The van der Waals surface area contributed by atoms with Crippen molar-refractivity contribution in [3.8, 4) is 0 Å². The van der Waals surface area contributed by atoms with Gasteiger partial charge in [0, 0.05) is 31.5 Å². The van der Waals surface area contributed by atoms with Gasteiger partial charge in [0.05, 0.1) is 18.1 Å². The predicted octanol–water partition coefficient (Wildman–Crippen LogP) is 2.40. The normalized spacial score (nSPS) is 12.6. The number of carbonyl (C=O) groups excluding carboxylic acids is 1. The van der Waals surface area contributed by atoms with Crippen LogP contribution < -0.4 is 10.0 Å². The van der Waals surface area contributed by atoms with E-state index in [4.69, 9.17) is 9.47 Å². The minimum atomic E-state index is -3.64. The molecule has 0 saturated carbocycles. The Balaban J connectivity index is 2.03. The number of sulfonamides is 1. The summed E-state index contributed by atoms with van der Waals surface area (Å²) in [5.41, 5.74) is 1.98. The highest BCUT2D eigenvalue weighted by Crippen LogP contribution is 2.16. The molecule has 1 amide bonds. The van der Waals surface area contributed by atoms with Gasteiger partial charge in [0.1, 0.15) is 0 Å². The SMILES string of the molecule is COCc1ccc(C(=O)Nc2ccc(S(=O)(=O)NC(C)COC)cc2)cc1. The Morgan fingerprint density at radius 3 is 2.19 bits per heavy atom. The molecule has 2 aromatic carbocycles. The number of ether oxygens (including phenoxy) is 2. The third-order valence-electron chi connectivity index (χ3n) is 3.72. The molecule has 0 radical (unpaired) electrons. The van der Waals surface area contributed by atoms with Crippen molar-refractivity contribution < 1.29 is 22.7 Å². The van der Waals surface area contributed by atoms with E-state index < -0.39 is 10.0 Å². The van der Waals surface area contributed by atoms with Crippen LogP contribution >= 0.6 is 0 Å². The smallest absolute Gasteiger partial charge is 0.255 e. The molecule has 8 heteroatoms. The lowest BCUT2D eigenvalue weighted by molar-refractivity contribution is 0.102. The molecule has 0 saturated heterocycles. The summed E-state index contributed by atoms with van der Waals surface area (Å²) in [4.78, 5) is 12.4. The van der Waals surface area contributed by atoms with Gasteiger partial charge in [-0.1, -0.05) is 12.1 Å². The minimum absolute atomic E-state index is 0.118. The number of hydrogen-bond donors (Lipinski definition) is 2. The van der Waals surface area contributed by atoms with Crippen LogP contribution in [0.15, 0.2) is 53.4 Å². The van der Waals surface area contributed by atoms with Crippen molar-refractivity contribution in [3.05, 3.63) is 59.7 Å². The zero-order chi connectivity index (χ0) is 19.9. The summed E-state index contributed by atoms with van der Waals surface area (Å²) in [5.74, 6) is -0.276. The van der Waals surface area contributed by atoms with Crippen LogP contribution in [0.1, 0.15) is 22.8 Å². The highest BCUT2D eigenvalue weighted by molar-refractivity contribution is 7.89. The fraction of sp³-hybridized carbons (Fsp3) is 0.316. The van der Waals surface area contributed by atoms with Crippen LogP contribution in [0.2, 0.25) is 0 Å². The summed E-state index contributed by atoms with van der Waals surface area (Å²) in [7, 11) is -0.527. The second-order valence-corrected chi connectivity index (χ2v) is 7.80. The van der Waals surface area contributed by atoms with Gasteiger partial charge in [0.15, 0.2) is 0 Å². The van der Waals surface area contributed by atoms with E-state index in [1.165, 1.54) is 19.2 Å². The first-order valence-electron chi connectivity index (χ1n) is 8.36. The van der Waals surface area contributed by atoms with Crippen LogP contribution in [0.5, 0.6) is 0 Å². The van der Waals surface area contributed by atoms with E-state index in [9.17, 15) is 13.2 Å². The Hall–Kier alpha value is -2.26. The lowest BCUT2D eigenvalue weighted by Gasteiger charge is -2.13. The fourth-order valence-electron chi connectivity index (χ4n) is 2.46. The average molecular weight is 392 g/mol. The molecule has 0 heterocycles. The minimum Gasteiger partial charge on any atom is -0.383 e. The molecular formula is C19H24N2O5S. The van der Waals surface area contributed by atoms with Crippen molar-refractivity contribution in [1.29, 1.82) is 0 Å². The third-order valence-corrected chi connectivity index (χ3v) is 5.33. The lowest BCUT2D eigenvalue weighted by atomic mass is 10.1. The molecule has 0 bridgehead atoms. The summed E-state index contributed by atoms with van der Waals surface area (Å²) in [6, 6.07) is 12.7. The number of methoxy groups -OCH3 is 2. The first-order chi connectivity index (χ1) is 12.9. The maximum atomic E-state index is 12.3. The van der Waals surface area contributed by atoms with Gasteiger partial charge >= 0.3 is 0 Å². The van der Waals surface area contributed by atoms with Crippen molar-refractivity contribution in [1.82, 2.24) is 4.72 Å². The number of carbonyl (C=O) groups is 1. The van der Waals surface area contributed by atoms with Gasteiger partial charge in [-0.25, -0.2) is 13.1 Å². The number of amides is 1. The van der Waals surface area contributed by atoms with E-state index in [1.54, 1.807) is 38.3 Å². The molecule has 0 fully saturated rings. The van der Waals surface area contributed by atoms with Gasteiger partial charge < -0.3 is 14.8 Å². The largest absolute Gasteiger partial charge is 0.383 e. The molecule has 2 N–H and O–H groups in total. The van der Waals surface area contributed by atoms with E-state index >= 15 is 0 Å². The highest BCUT2D eigenvalue weighted by Gasteiger charge is 2.17. The van der Waals surface area contributed by atoms with E-state index in [-0.39, 0.29) is 23.5 Å². The molecule has 2 aromatic rings. The molecule has 7 nitrogen and oxygen atoms in total. The maximum Gasteiger partial charge on any atom is 0.255 e. The molecule has 0 spiro atoms. The Kier molecular flexibility index (Phi) is 7.49. The van der Waals surface area contributed by atoms with Gasteiger partial charge in [0.25, 0.3) is 5.91 Å². The molecule has 1 unspecified atom stereocenters. The van der Waals surface area contributed by atoms with Crippen molar-refractivity contribution >= 4 is 21.6 Å². The molecule has 2 rings (SSSR count). The van der Waals surface area contributed by atoms with Gasteiger partial charge in [-0.05, 0) is 48.9 Å². The molecule has 27 heavy (non-hydrogen) atoms. The topological polar surface area (TPSA) is 93.7 Å². The van der Waals surface area contributed by atoms with Crippen LogP contribution in [0.4, 0.5) is 5.69 Å². The van der Waals surface area contributed by atoms with E-state index in [2.05, 4.69) is 10.0 Å². The van der Waals surface area contributed by atoms with Crippen LogP contribution in [-0.2, 0) is 26.1 Å². The molecule has 0 aliphatic rings. The second kappa shape index (κ2) is 9.61. The molecule has 0 aliphatic heterocycles. The first kappa shape index (κ1) is 21.0. The highest BCUT2D eigenvalue weighted by atomic mass is 32.2. The summed E-state index contributed by atoms with van der Waals surface area (Å²) < 4.78 is 37.1. The van der Waals surface area contributed by atoms with Gasteiger partial charge in [-0.3, -0.25) is 4.79 Å². The number of benzene rings is 2. The molecule has 0 aromatic heterocycles. The Labute approximate surface area is 159 Å². The fourth-order valence-corrected chi connectivity index (χ4v) is 3.68. The average Bonchev–Trinajstić information content (AvgIpc) is 2.63. The molecule has 146 valence electrons. The number of rotatable bonds is 9. The molecular weight excluding hydrogens is 368 g/mol. The van der Waals surface area contributed by atoms with Crippen molar-refractivity contribution in [2.75, 3.05) is 26.1 Å². The van der Waals surface area contributed by atoms with E-state index in [0.717, 1.165) is 5.56 Å². The summed E-state index contributed by atoms with van der Waals surface area (Å²) in [6.07, 6.45) is 0. The standard InChI is InChI=1S/C19H24N2O5S/c1-14(12-25-2)21-27(23,24)18-10-8-17(9-11-18)20-19(22)16-6-4-15(5-7-16)13-26-3/h4-11,14,21H,12-13H2,1-3H3,(H,20,22). The summed E-state index contributed by atoms with van der Waals surface area (Å²) >= 11 is 0. The Bertz CT molecular complexity index is 849. The zero-order valence-electron chi connectivity index (χ0n) is 15.6. The van der Waals surface area contributed by atoms with Gasteiger partial charge in [-0.15, -0.1) is 0 Å². The molecule has 1 atom stereocenters. The number of hydrogen-bond acceptors (Lipinski definition) is 5. The first-order valence-corrected chi connectivity index (χ1v) is 9.84. The predicted molar refractivity (Wildman–Crippen MR) is 103 cm³/mol. The summed E-state index contributed by atoms with van der Waals surface area (Å²) in [6.45, 7) is 2.47. The quantitative estimate of drug-likeness (QED) is 0.683. The Morgan fingerprint density at radius 1 is 1.00 bits per heavy atom. The van der Waals surface area contributed by atoms with E-state index in [0.29, 0.717) is 17.9 Å². The molecule has 0 aliphatic carbocycles. The van der Waals surface area contributed by atoms with Crippen molar-refractivity contribution in [2.24, 2.45) is 0 Å². The van der Waals surface area contributed by atoms with Gasteiger partial charge in [-0.2, -0.15) is 0 Å². The maximum absolute atomic E-state index is 12.3. The summed E-state index contributed by atoms with van der Waals surface area (Å²) in [5, 5.41) is 2.74. The zero-order valence-corrected chi connectivity index (χ0v) is 16.4. The van der Waals surface area contributed by atoms with Crippen LogP contribution in [0, 0.1) is 0 Å². The van der Waals surface area contributed by atoms with Gasteiger partial charge in [0.2, 0.25) is 10.0 Å². The van der Waals surface area contributed by atoms with Crippen LogP contribution in [-0.4, -0.2) is 41.2 Å². The van der Waals surface area contributed by atoms with E-state index in [1.807, 2.05) is 12.1 Å². The van der Waals surface area contributed by atoms with Crippen LogP contribution in [0.3, 0.4) is 0 Å². The number of nitrogens with one attached hydrogen (secondary N) is 2. The second-order valence-electron chi connectivity index (χ2n) is 6.09. The van der Waals surface area contributed by atoms with Crippen molar-refractivity contribution in [2.45, 2.75) is 24.5 Å². The van der Waals surface area contributed by atoms with Crippen LogP contribution in [0.25, 0.3) is 0 Å². The third kappa shape index (κ3) is 6.14. The number of anilines is 1. The van der Waals surface area contributed by atoms with Crippen molar-refractivity contribution in [3.63, 3.8) is 0 Å².